The van der Waals surface area contributed by atoms with Gasteiger partial charge in [-0.15, -0.1) is 0 Å². The van der Waals surface area contributed by atoms with E-state index in [2.05, 4.69) is 4.98 Å². The highest BCUT2D eigenvalue weighted by Crippen LogP contribution is 2.42. The number of carbonyl (C=O) groups is 1. The van der Waals surface area contributed by atoms with E-state index in [1.165, 1.54) is 19.2 Å². The number of methoxy groups -OCH3 is 1. The summed E-state index contributed by atoms with van der Waals surface area (Å²) in [6.07, 6.45) is -5.45. The van der Waals surface area contributed by atoms with Gasteiger partial charge in [-0.3, -0.25) is 4.57 Å². The molecule has 0 radical (unpaired) electrons. The Balaban J connectivity index is 1.66. The molecular formula is C25H30NO11P. The molecule has 38 heavy (non-hydrogen) atoms. The molecule has 2 aromatic heterocycles. The molecule has 4 N–H and O–H groups in total. The van der Waals surface area contributed by atoms with Gasteiger partial charge in [0.05, 0.1) is 11.8 Å². The Hall–Kier alpha value is -2.99. The lowest BCUT2D eigenvalue weighted by atomic mass is 9.89. The van der Waals surface area contributed by atoms with Gasteiger partial charge in [-0.05, 0) is 57.5 Å². The van der Waals surface area contributed by atoms with Crippen LogP contribution in [0.25, 0.3) is 11.0 Å². The van der Waals surface area contributed by atoms with Crippen LogP contribution in [0.1, 0.15) is 41.2 Å². The van der Waals surface area contributed by atoms with Gasteiger partial charge < -0.3 is 43.2 Å². The monoisotopic (exact) mass is 551 g/mol. The van der Waals surface area contributed by atoms with Crippen molar-refractivity contribution >= 4 is 24.5 Å². The first kappa shape index (κ1) is 28.0. The number of aliphatic hydroxyl groups excluding tert-OH is 1. The van der Waals surface area contributed by atoms with Crippen molar-refractivity contribution in [2.24, 2.45) is 0 Å². The quantitative estimate of drug-likeness (QED) is 0.193. The van der Waals surface area contributed by atoms with Crippen molar-refractivity contribution in [1.29, 1.82) is 0 Å². The molecule has 0 aliphatic carbocycles. The topological polar surface area (TPSA) is 178 Å². The molecule has 0 amide bonds. The summed E-state index contributed by atoms with van der Waals surface area (Å²) in [6, 6.07) is 7.32. The fourth-order valence-electron chi connectivity index (χ4n) is 4.63. The third-order valence-electron chi connectivity index (χ3n) is 6.38. The number of aromatic amines is 1. The summed E-state index contributed by atoms with van der Waals surface area (Å²) >= 11 is 0. The standard InChI is InChI=1S/C25H30NO11P/c1-12-6-8-16(26-12)23(29)36-21-19(28)24(37-25(3,4)22(21)33-5)34-17-9-7-15-14(11-38(30,31)32)10-18(27)35-20(15)13(17)2/h6-10,19,21-22,24,26,28H,11H2,1-5H3,(H2,30,31,32). The predicted molar refractivity (Wildman–Crippen MR) is 134 cm³/mol. The number of hydrogen-bond donors (Lipinski definition) is 4. The van der Waals surface area contributed by atoms with Gasteiger partial charge in [-0.25, -0.2) is 9.59 Å². The molecule has 3 aromatic rings. The summed E-state index contributed by atoms with van der Waals surface area (Å²) in [5, 5.41) is 11.5. The second-order valence-corrected chi connectivity index (χ2v) is 11.4. The molecule has 1 aromatic carbocycles. The van der Waals surface area contributed by atoms with Crippen molar-refractivity contribution in [3.8, 4) is 5.75 Å². The van der Waals surface area contributed by atoms with Crippen molar-refractivity contribution < 1.29 is 47.6 Å². The van der Waals surface area contributed by atoms with E-state index in [9.17, 15) is 29.0 Å². The van der Waals surface area contributed by atoms with Crippen LogP contribution in [-0.4, -0.2) is 63.2 Å². The van der Waals surface area contributed by atoms with Crippen molar-refractivity contribution in [3.63, 3.8) is 0 Å². The Kier molecular flexibility index (Phi) is 7.59. The summed E-state index contributed by atoms with van der Waals surface area (Å²) in [7, 11) is -3.05. The van der Waals surface area contributed by atoms with Crippen LogP contribution >= 0.6 is 7.60 Å². The molecule has 1 aliphatic heterocycles. The normalized spacial score (nSPS) is 23.4. The Labute approximate surface area is 217 Å². The lowest BCUT2D eigenvalue weighted by Crippen LogP contribution is -2.65. The third-order valence-corrected chi connectivity index (χ3v) is 7.14. The Bertz CT molecular complexity index is 1450. The first-order valence-corrected chi connectivity index (χ1v) is 13.5. The summed E-state index contributed by atoms with van der Waals surface area (Å²) in [5.41, 5.74) is -0.347. The Morgan fingerprint density at radius 1 is 1.18 bits per heavy atom. The number of carbonyl (C=O) groups excluding carboxylic acids is 1. The molecule has 13 heteroatoms. The maximum absolute atomic E-state index is 12.8. The lowest BCUT2D eigenvalue weighted by Gasteiger charge is -2.47. The minimum Gasteiger partial charge on any atom is -0.462 e. The van der Waals surface area contributed by atoms with E-state index in [0.29, 0.717) is 10.9 Å². The number of hydrogen-bond acceptors (Lipinski definition) is 9. The summed E-state index contributed by atoms with van der Waals surface area (Å²) in [4.78, 5) is 46.6. The Morgan fingerprint density at radius 3 is 2.50 bits per heavy atom. The minimum absolute atomic E-state index is 0.0721. The van der Waals surface area contributed by atoms with Crippen LogP contribution in [0.2, 0.25) is 0 Å². The van der Waals surface area contributed by atoms with Crippen LogP contribution in [0.3, 0.4) is 0 Å². The van der Waals surface area contributed by atoms with Gasteiger partial charge in [0.15, 0.2) is 12.2 Å². The SMILES string of the molecule is COC1C(OC(=O)c2ccc(C)[nH]2)C(O)C(Oc2ccc3c(CP(=O)(O)O)cc(=O)oc3c2C)OC1(C)C. The number of aryl methyl sites for hydroxylation is 2. The molecule has 1 fully saturated rings. The molecular weight excluding hydrogens is 521 g/mol. The molecule has 4 atom stereocenters. The van der Waals surface area contributed by atoms with E-state index in [1.54, 1.807) is 39.8 Å². The molecule has 0 spiro atoms. The summed E-state index contributed by atoms with van der Waals surface area (Å²) in [5.74, 6) is -0.517. The van der Waals surface area contributed by atoms with Gasteiger partial charge in [0, 0.05) is 29.8 Å². The van der Waals surface area contributed by atoms with Crippen molar-refractivity contribution in [2.45, 2.75) is 64.1 Å². The molecule has 1 aliphatic rings. The van der Waals surface area contributed by atoms with Crippen molar-refractivity contribution in [2.75, 3.05) is 7.11 Å². The highest BCUT2D eigenvalue weighted by atomic mass is 31.2. The van der Waals surface area contributed by atoms with Gasteiger partial charge in [0.1, 0.15) is 23.1 Å². The maximum atomic E-state index is 12.8. The molecule has 4 rings (SSSR count). The number of esters is 1. The molecule has 0 bridgehead atoms. The first-order chi connectivity index (χ1) is 17.7. The van der Waals surface area contributed by atoms with Crippen LogP contribution in [0.5, 0.6) is 5.75 Å². The van der Waals surface area contributed by atoms with Gasteiger partial charge in [-0.1, -0.05) is 0 Å². The molecule has 0 saturated carbocycles. The van der Waals surface area contributed by atoms with Crippen LogP contribution in [0.4, 0.5) is 0 Å². The number of rotatable bonds is 7. The predicted octanol–water partition coefficient (Wildman–Crippen LogP) is 2.53. The number of aromatic nitrogens is 1. The number of fused-ring (bicyclic) bond motifs is 1. The fourth-order valence-corrected chi connectivity index (χ4v) is 5.34. The van der Waals surface area contributed by atoms with E-state index in [4.69, 9.17) is 23.4 Å². The summed E-state index contributed by atoms with van der Waals surface area (Å²) in [6.45, 7) is 6.77. The van der Waals surface area contributed by atoms with Gasteiger partial charge in [-0.2, -0.15) is 0 Å². The highest BCUT2D eigenvalue weighted by molar-refractivity contribution is 7.50. The zero-order valence-corrected chi connectivity index (χ0v) is 22.4. The third kappa shape index (κ3) is 5.70. The molecule has 1 saturated heterocycles. The van der Waals surface area contributed by atoms with Crippen LogP contribution < -0.4 is 10.4 Å². The first-order valence-electron chi connectivity index (χ1n) is 11.7. The maximum Gasteiger partial charge on any atom is 0.355 e. The van der Waals surface area contributed by atoms with Crippen molar-refractivity contribution in [3.05, 3.63) is 63.3 Å². The number of benzene rings is 1. The molecule has 206 valence electrons. The van der Waals surface area contributed by atoms with Crippen LogP contribution in [-0.2, 0) is 24.9 Å². The number of H-pyrrole nitrogens is 1. The van der Waals surface area contributed by atoms with E-state index in [1.807, 2.05) is 0 Å². The van der Waals surface area contributed by atoms with E-state index in [-0.39, 0.29) is 22.6 Å². The second-order valence-electron chi connectivity index (χ2n) is 9.76. The fraction of sp³-hybridized carbons (Fsp3) is 0.440. The van der Waals surface area contributed by atoms with Crippen LogP contribution in [0.15, 0.2) is 39.5 Å². The second kappa shape index (κ2) is 10.3. The number of ether oxygens (including phenoxy) is 4. The molecule has 3 heterocycles. The Morgan fingerprint density at radius 2 is 1.89 bits per heavy atom. The summed E-state index contributed by atoms with van der Waals surface area (Å²) < 4.78 is 40.1. The van der Waals surface area contributed by atoms with Gasteiger partial charge >= 0.3 is 19.2 Å². The largest absolute Gasteiger partial charge is 0.462 e. The lowest BCUT2D eigenvalue weighted by molar-refractivity contribution is -0.305. The molecule has 4 unspecified atom stereocenters. The average Bonchev–Trinajstić information content (AvgIpc) is 3.24. The average molecular weight is 551 g/mol. The van der Waals surface area contributed by atoms with Crippen LogP contribution in [0, 0.1) is 13.8 Å². The van der Waals surface area contributed by atoms with E-state index >= 15 is 0 Å². The zero-order valence-electron chi connectivity index (χ0n) is 21.5. The van der Waals surface area contributed by atoms with E-state index in [0.717, 1.165) is 11.8 Å². The van der Waals surface area contributed by atoms with E-state index < -0.39 is 55.6 Å². The number of aliphatic hydroxyl groups is 1. The van der Waals surface area contributed by atoms with Crippen molar-refractivity contribution in [1.82, 2.24) is 4.98 Å². The van der Waals surface area contributed by atoms with Gasteiger partial charge in [0.2, 0.25) is 6.29 Å². The minimum atomic E-state index is -4.46. The molecule has 12 nitrogen and oxygen atoms in total. The van der Waals surface area contributed by atoms with Gasteiger partial charge in [0.25, 0.3) is 0 Å². The zero-order chi connectivity index (χ0) is 28.0. The smallest absolute Gasteiger partial charge is 0.355 e. The highest BCUT2D eigenvalue weighted by Gasteiger charge is 2.53. The number of nitrogens with one attached hydrogen (secondary N) is 1.